The van der Waals surface area contributed by atoms with Crippen molar-refractivity contribution in [3.8, 4) is 0 Å². The number of carbonyl (C=O) groups excluding carboxylic acids is 1. The van der Waals surface area contributed by atoms with Crippen molar-refractivity contribution in [2.75, 3.05) is 0 Å². The summed E-state index contributed by atoms with van der Waals surface area (Å²) >= 11 is 0. The summed E-state index contributed by atoms with van der Waals surface area (Å²) in [6.45, 7) is 1.92. The van der Waals surface area contributed by atoms with Crippen LogP contribution in [-0.4, -0.2) is 10.8 Å². The average Bonchev–Trinajstić information content (AvgIpc) is 2.87. The zero-order valence-electron chi connectivity index (χ0n) is 7.08. The molecule has 1 aliphatic rings. The van der Waals surface area contributed by atoms with Gasteiger partial charge in [0.15, 0.2) is 5.78 Å². The molecule has 1 fully saturated rings. The lowest BCUT2D eigenvalue weighted by atomic mass is 10.1. The monoisotopic (exact) mass is 161 g/mol. The van der Waals surface area contributed by atoms with Crippen molar-refractivity contribution >= 4 is 5.78 Å². The molecule has 62 valence electrons. The van der Waals surface area contributed by atoms with Gasteiger partial charge >= 0.3 is 0 Å². The smallest absolute Gasteiger partial charge is 0.167 e. The van der Waals surface area contributed by atoms with Gasteiger partial charge in [-0.05, 0) is 31.9 Å². The molecule has 0 unspecified atom stereocenters. The Hall–Kier alpha value is -1.18. The molecule has 1 heterocycles. The first-order valence-corrected chi connectivity index (χ1v) is 4.24. The second-order valence-corrected chi connectivity index (χ2v) is 3.33. The van der Waals surface area contributed by atoms with E-state index >= 15 is 0 Å². The maximum absolute atomic E-state index is 11.5. The van der Waals surface area contributed by atoms with Gasteiger partial charge < -0.3 is 0 Å². The topological polar surface area (TPSA) is 30.0 Å². The molecule has 0 radical (unpaired) electrons. The van der Waals surface area contributed by atoms with Gasteiger partial charge in [0.2, 0.25) is 0 Å². The van der Waals surface area contributed by atoms with Crippen LogP contribution in [0, 0.1) is 12.8 Å². The number of carbonyl (C=O) groups is 1. The van der Waals surface area contributed by atoms with Gasteiger partial charge in [-0.25, -0.2) is 0 Å². The number of aromatic nitrogens is 1. The summed E-state index contributed by atoms with van der Waals surface area (Å²) < 4.78 is 0. The van der Waals surface area contributed by atoms with Crippen LogP contribution in [0.5, 0.6) is 0 Å². The van der Waals surface area contributed by atoms with Crippen LogP contribution in [0.25, 0.3) is 0 Å². The third-order valence-corrected chi connectivity index (χ3v) is 2.14. The van der Waals surface area contributed by atoms with Crippen molar-refractivity contribution in [2.24, 2.45) is 5.92 Å². The summed E-state index contributed by atoms with van der Waals surface area (Å²) in [5, 5.41) is 0. The average molecular weight is 161 g/mol. The van der Waals surface area contributed by atoms with Crippen LogP contribution >= 0.6 is 0 Å². The lowest BCUT2D eigenvalue weighted by Gasteiger charge is -1.97. The van der Waals surface area contributed by atoms with Crippen molar-refractivity contribution in [3.05, 3.63) is 29.6 Å². The highest BCUT2D eigenvalue weighted by Gasteiger charge is 2.30. The Balaban J connectivity index is 2.22. The van der Waals surface area contributed by atoms with Crippen LogP contribution in [0.2, 0.25) is 0 Å². The zero-order chi connectivity index (χ0) is 8.55. The Bertz CT molecular complexity index is 298. The number of pyridine rings is 1. The fourth-order valence-electron chi connectivity index (χ4n) is 1.19. The molecule has 0 amide bonds. The minimum Gasteiger partial charge on any atom is -0.294 e. The van der Waals surface area contributed by atoms with E-state index in [1.807, 2.05) is 19.1 Å². The number of hydrogen-bond donors (Lipinski definition) is 0. The summed E-state index contributed by atoms with van der Waals surface area (Å²) in [4.78, 5) is 15.6. The minimum absolute atomic E-state index is 0.266. The van der Waals surface area contributed by atoms with Gasteiger partial charge in [-0.2, -0.15) is 0 Å². The van der Waals surface area contributed by atoms with Crippen LogP contribution in [0.3, 0.4) is 0 Å². The Kier molecular flexibility index (Phi) is 1.68. The van der Waals surface area contributed by atoms with E-state index in [0.29, 0.717) is 5.92 Å². The second-order valence-electron chi connectivity index (χ2n) is 3.33. The molecule has 0 aromatic carbocycles. The van der Waals surface area contributed by atoms with E-state index < -0.39 is 0 Å². The van der Waals surface area contributed by atoms with Crippen molar-refractivity contribution < 1.29 is 4.79 Å². The maximum atomic E-state index is 11.5. The van der Waals surface area contributed by atoms with Crippen molar-refractivity contribution in [2.45, 2.75) is 19.8 Å². The molecule has 1 aromatic heterocycles. The predicted octanol–water partition coefficient (Wildman–Crippen LogP) is 1.98. The van der Waals surface area contributed by atoms with Crippen molar-refractivity contribution in [1.29, 1.82) is 0 Å². The van der Waals surface area contributed by atoms with Gasteiger partial charge in [-0.15, -0.1) is 0 Å². The fraction of sp³-hybridized carbons (Fsp3) is 0.400. The molecule has 0 aliphatic heterocycles. The summed E-state index contributed by atoms with van der Waals surface area (Å²) in [5.74, 6) is 0.567. The highest BCUT2D eigenvalue weighted by Crippen LogP contribution is 2.32. The van der Waals surface area contributed by atoms with E-state index in [9.17, 15) is 4.79 Å². The van der Waals surface area contributed by atoms with E-state index in [-0.39, 0.29) is 5.78 Å². The number of rotatable bonds is 2. The van der Waals surface area contributed by atoms with E-state index in [4.69, 9.17) is 0 Å². The van der Waals surface area contributed by atoms with E-state index in [0.717, 1.165) is 24.1 Å². The van der Waals surface area contributed by atoms with Gasteiger partial charge in [0, 0.05) is 23.4 Å². The first-order valence-electron chi connectivity index (χ1n) is 4.24. The number of nitrogens with zero attached hydrogens (tertiary/aromatic N) is 1. The van der Waals surface area contributed by atoms with Gasteiger partial charge in [-0.3, -0.25) is 9.78 Å². The fourth-order valence-corrected chi connectivity index (χ4v) is 1.19. The predicted molar refractivity (Wildman–Crippen MR) is 46.0 cm³/mol. The third kappa shape index (κ3) is 1.37. The highest BCUT2D eigenvalue weighted by molar-refractivity contribution is 5.98. The number of Topliss-reactive ketones (excluding diaryl/α,β-unsaturated/α-hetero) is 1. The van der Waals surface area contributed by atoms with Crippen LogP contribution in [0.4, 0.5) is 0 Å². The molecule has 0 N–H and O–H groups in total. The summed E-state index contributed by atoms with van der Waals surface area (Å²) in [7, 11) is 0. The summed E-state index contributed by atoms with van der Waals surface area (Å²) in [6.07, 6.45) is 3.80. The first-order chi connectivity index (χ1) is 5.77. The molecule has 0 atom stereocenters. The molecule has 1 aromatic rings. The van der Waals surface area contributed by atoms with Crippen molar-refractivity contribution in [1.82, 2.24) is 4.98 Å². The van der Waals surface area contributed by atoms with Crippen molar-refractivity contribution in [3.63, 3.8) is 0 Å². The molecule has 2 rings (SSSR count). The number of ketones is 1. The zero-order valence-corrected chi connectivity index (χ0v) is 7.08. The second kappa shape index (κ2) is 2.70. The molecular weight excluding hydrogens is 150 g/mol. The maximum Gasteiger partial charge on any atom is 0.167 e. The third-order valence-electron chi connectivity index (χ3n) is 2.14. The molecule has 0 saturated heterocycles. The Morgan fingerprint density at radius 3 is 2.75 bits per heavy atom. The van der Waals surface area contributed by atoms with Crippen LogP contribution < -0.4 is 0 Å². The van der Waals surface area contributed by atoms with Crippen LogP contribution in [-0.2, 0) is 0 Å². The van der Waals surface area contributed by atoms with E-state index in [2.05, 4.69) is 4.98 Å². The highest BCUT2D eigenvalue weighted by atomic mass is 16.1. The van der Waals surface area contributed by atoms with E-state index in [1.165, 1.54) is 0 Å². The number of hydrogen-bond acceptors (Lipinski definition) is 2. The normalized spacial score (nSPS) is 16.1. The van der Waals surface area contributed by atoms with Crippen LogP contribution in [0.15, 0.2) is 18.3 Å². The first kappa shape index (κ1) is 7.47. The largest absolute Gasteiger partial charge is 0.294 e. The lowest BCUT2D eigenvalue weighted by molar-refractivity contribution is 0.0967. The molecule has 1 aliphatic carbocycles. The summed E-state index contributed by atoms with van der Waals surface area (Å²) in [6, 6.07) is 3.75. The summed E-state index contributed by atoms with van der Waals surface area (Å²) in [5.41, 5.74) is 1.73. The van der Waals surface area contributed by atoms with Gasteiger partial charge in [0.05, 0.1) is 0 Å². The minimum atomic E-state index is 0.266. The Labute approximate surface area is 71.6 Å². The molecular formula is C10H11NO. The molecule has 2 heteroatoms. The lowest BCUT2D eigenvalue weighted by Crippen LogP contribution is -2.01. The Morgan fingerprint density at radius 1 is 1.50 bits per heavy atom. The molecule has 12 heavy (non-hydrogen) atoms. The SMILES string of the molecule is Cc1ccc(C(=O)C2CC2)cn1. The molecule has 0 spiro atoms. The quantitative estimate of drug-likeness (QED) is 0.621. The molecule has 1 saturated carbocycles. The number of aryl methyl sites for hydroxylation is 1. The van der Waals surface area contributed by atoms with Gasteiger partial charge in [0.1, 0.15) is 0 Å². The van der Waals surface area contributed by atoms with E-state index in [1.54, 1.807) is 6.20 Å². The standard InChI is InChI=1S/C10H11NO/c1-7-2-3-9(6-11-7)10(12)8-4-5-8/h2-3,6,8H,4-5H2,1H3. The Morgan fingerprint density at radius 2 is 2.25 bits per heavy atom. The van der Waals surface area contributed by atoms with Gasteiger partial charge in [-0.1, -0.05) is 0 Å². The van der Waals surface area contributed by atoms with Crippen LogP contribution in [0.1, 0.15) is 28.9 Å². The molecule has 0 bridgehead atoms. The van der Waals surface area contributed by atoms with Gasteiger partial charge in [0.25, 0.3) is 0 Å². The molecule has 2 nitrogen and oxygen atoms in total.